The minimum absolute atomic E-state index is 0.0224. The molecule has 1 aliphatic heterocycles. The topological polar surface area (TPSA) is 142 Å². The van der Waals surface area contributed by atoms with Crippen molar-refractivity contribution in [3.63, 3.8) is 0 Å². The van der Waals surface area contributed by atoms with Gasteiger partial charge < -0.3 is 30.5 Å². The number of carbonyl (C=O) groups is 3. The van der Waals surface area contributed by atoms with Crippen molar-refractivity contribution in [3.05, 3.63) is 89.9 Å². The predicted molar refractivity (Wildman–Crippen MR) is 172 cm³/mol. The number of hydrogen-bond donors (Lipinski definition) is 3. The molecule has 244 valence electrons. The molecular weight excluding hydrogens is 610 g/mol. The maximum atomic E-state index is 15.6. The number of carbonyl (C=O) groups excluding carboxylic acids is 3. The highest BCUT2D eigenvalue weighted by molar-refractivity contribution is 6.00. The zero-order chi connectivity index (χ0) is 33.7. The summed E-state index contributed by atoms with van der Waals surface area (Å²) >= 11 is 0. The van der Waals surface area contributed by atoms with Crippen molar-refractivity contribution in [3.8, 4) is 16.9 Å². The number of allylic oxidation sites excluding steroid dienone is 2. The molecule has 0 atom stereocenters. The summed E-state index contributed by atoms with van der Waals surface area (Å²) in [6.45, 7) is 2.95. The minimum Gasteiger partial charge on any atom is -0.494 e. The number of amides is 3. The molecule has 1 fully saturated rings. The Morgan fingerprint density at radius 1 is 1.15 bits per heavy atom. The average Bonchev–Trinajstić information content (AvgIpc) is 3.92. The number of para-hydroxylation sites is 1. The second-order valence-electron chi connectivity index (χ2n) is 10.9. The zero-order valence-corrected chi connectivity index (χ0v) is 26.1. The van der Waals surface area contributed by atoms with Crippen LogP contribution in [0.4, 0.5) is 26.0 Å². The van der Waals surface area contributed by atoms with Gasteiger partial charge in [0.25, 0.3) is 11.8 Å². The minimum atomic E-state index is -0.901. The van der Waals surface area contributed by atoms with Crippen molar-refractivity contribution in [1.29, 1.82) is 0 Å². The lowest BCUT2D eigenvalue weighted by Crippen LogP contribution is -2.37. The molecule has 0 saturated heterocycles. The molecule has 3 amide bonds. The molecule has 3 heterocycles. The molecule has 0 unspecified atom stereocenters. The van der Waals surface area contributed by atoms with Gasteiger partial charge in [0.2, 0.25) is 5.91 Å². The van der Waals surface area contributed by atoms with Gasteiger partial charge >= 0.3 is 0 Å². The molecule has 1 aliphatic carbocycles. The summed E-state index contributed by atoms with van der Waals surface area (Å²) in [4.78, 5) is 45.4. The van der Waals surface area contributed by atoms with Crippen molar-refractivity contribution in [1.82, 2.24) is 30.3 Å². The first-order chi connectivity index (χ1) is 22.6. The van der Waals surface area contributed by atoms with Crippen LogP contribution in [0.3, 0.4) is 0 Å². The summed E-state index contributed by atoms with van der Waals surface area (Å²) in [7, 11) is 4.67. The van der Waals surface area contributed by atoms with E-state index in [0.29, 0.717) is 28.1 Å². The molecule has 0 bridgehead atoms. The van der Waals surface area contributed by atoms with Crippen LogP contribution >= 0.6 is 0 Å². The van der Waals surface area contributed by atoms with Crippen LogP contribution in [0.5, 0.6) is 5.75 Å². The van der Waals surface area contributed by atoms with E-state index in [2.05, 4.69) is 37.7 Å². The number of halogens is 2. The third-order valence-electron chi connectivity index (χ3n) is 7.69. The van der Waals surface area contributed by atoms with E-state index < -0.39 is 30.0 Å². The van der Waals surface area contributed by atoms with Gasteiger partial charge in [-0.3, -0.25) is 14.4 Å². The Morgan fingerprint density at radius 2 is 1.94 bits per heavy atom. The number of pyridine rings is 1. The maximum absolute atomic E-state index is 15.6. The number of ether oxygens (including phenoxy) is 1. The highest BCUT2D eigenvalue weighted by Crippen LogP contribution is 2.39. The van der Waals surface area contributed by atoms with Gasteiger partial charge in [-0.1, -0.05) is 24.8 Å². The molecule has 3 N–H and O–H groups in total. The molecule has 2 aliphatic rings. The van der Waals surface area contributed by atoms with E-state index in [1.807, 2.05) is 0 Å². The van der Waals surface area contributed by atoms with Crippen LogP contribution in [0, 0.1) is 11.7 Å². The van der Waals surface area contributed by atoms with Crippen LogP contribution in [-0.2, 0) is 4.79 Å². The number of nitrogens with zero attached hydrogens (tertiary/aromatic N) is 5. The average molecular weight is 645 g/mol. The lowest BCUT2D eigenvalue weighted by Gasteiger charge is -2.28. The van der Waals surface area contributed by atoms with Crippen molar-refractivity contribution in [2.75, 3.05) is 51.6 Å². The number of aromatic nitrogens is 3. The smallest absolute Gasteiger partial charge is 0.275 e. The Kier molecular flexibility index (Phi) is 9.88. The summed E-state index contributed by atoms with van der Waals surface area (Å²) in [6.07, 6.45) is 8.28. The molecule has 1 aromatic carbocycles. The molecule has 47 heavy (non-hydrogen) atoms. The largest absolute Gasteiger partial charge is 0.494 e. The SMILES string of the molecule is C=C1C(CN(CCF)C(=O)c2ncc(-c3cccc(Nc4cc(NC(=O)C5CC5)nnc4C(=O)NC)c3OC)cc2F)=CC=CN1C. The summed E-state index contributed by atoms with van der Waals surface area (Å²) < 4.78 is 34.7. The van der Waals surface area contributed by atoms with Crippen molar-refractivity contribution >= 4 is 34.9 Å². The van der Waals surface area contributed by atoms with Crippen LogP contribution in [-0.4, -0.2) is 83.7 Å². The fourth-order valence-corrected chi connectivity index (χ4v) is 4.93. The molecule has 12 nitrogen and oxygen atoms in total. The number of benzene rings is 1. The number of methoxy groups -OCH3 is 1. The summed E-state index contributed by atoms with van der Waals surface area (Å²) in [5.74, 6) is -2.00. The Hall–Kier alpha value is -5.66. The molecule has 5 rings (SSSR count). The third-order valence-corrected chi connectivity index (χ3v) is 7.69. The molecule has 0 spiro atoms. The quantitative estimate of drug-likeness (QED) is 0.261. The van der Waals surface area contributed by atoms with E-state index in [4.69, 9.17) is 4.74 Å². The fraction of sp³-hybridized carbons (Fsp3) is 0.273. The van der Waals surface area contributed by atoms with E-state index in [-0.39, 0.29) is 47.9 Å². The van der Waals surface area contributed by atoms with Gasteiger partial charge in [0, 0.05) is 68.4 Å². The Bertz CT molecular complexity index is 1790. The molecule has 0 radical (unpaired) electrons. The van der Waals surface area contributed by atoms with Gasteiger partial charge in [-0.2, -0.15) is 0 Å². The van der Waals surface area contributed by atoms with E-state index in [9.17, 15) is 18.8 Å². The van der Waals surface area contributed by atoms with E-state index in [1.54, 1.807) is 48.5 Å². The van der Waals surface area contributed by atoms with Crippen molar-refractivity contribution in [2.24, 2.45) is 5.92 Å². The van der Waals surface area contributed by atoms with Crippen molar-refractivity contribution in [2.45, 2.75) is 12.8 Å². The highest BCUT2D eigenvalue weighted by atomic mass is 19.1. The van der Waals surface area contributed by atoms with Gasteiger partial charge in [-0.15, -0.1) is 10.2 Å². The van der Waals surface area contributed by atoms with E-state index >= 15 is 4.39 Å². The number of likely N-dealkylation sites (N-methyl/N-ethyl adjacent to an activating group) is 1. The molecule has 2 aromatic heterocycles. The number of nitrogens with one attached hydrogen (secondary N) is 3. The van der Waals surface area contributed by atoms with Crippen LogP contribution in [0.1, 0.15) is 33.8 Å². The third kappa shape index (κ3) is 7.27. The maximum Gasteiger partial charge on any atom is 0.275 e. The first-order valence-corrected chi connectivity index (χ1v) is 14.8. The first kappa shape index (κ1) is 32.7. The van der Waals surface area contributed by atoms with E-state index in [1.165, 1.54) is 31.3 Å². The second kappa shape index (κ2) is 14.2. The number of hydrogen-bond acceptors (Lipinski definition) is 9. The Balaban J connectivity index is 1.43. The number of anilines is 3. The second-order valence-corrected chi connectivity index (χ2v) is 10.9. The normalized spacial score (nSPS) is 13.9. The zero-order valence-electron chi connectivity index (χ0n) is 26.1. The van der Waals surface area contributed by atoms with Crippen LogP contribution in [0.15, 0.2) is 72.7 Å². The monoisotopic (exact) mass is 644 g/mol. The standard InChI is InChI=1S/C33H34F2N8O4/c1-19-21(7-6-13-42(19)3)18-43(14-12-34)33(46)28-24(35)15-22(17-37-28)23-8-5-9-25(30(23)47-4)38-26-16-27(39-31(44)20-10-11-20)40-41-29(26)32(45)36-2/h5-9,13,15-17,20H,1,10-12,14,18H2,2-4H3,(H,36,45)(H2,38,39,40,44). The lowest BCUT2D eigenvalue weighted by atomic mass is 10.0. The number of rotatable bonds is 12. The lowest BCUT2D eigenvalue weighted by molar-refractivity contribution is -0.117. The Morgan fingerprint density at radius 3 is 2.62 bits per heavy atom. The van der Waals surface area contributed by atoms with Gasteiger partial charge in [-0.05, 0) is 36.6 Å². The molecule has 3 aromatic rings. The van der Waals surface area contributed by atoms with Crippen molar-refractivity contribution < 1.29 is 27.9 Å². The molecule has 14 heteroatoms. The predicted octanol–water partition coefficient (Wildman–Crippen LogP) is 4.45. The fourth-order valence-electron chi connectivity index (χ4n) is 4.93. The molecule has 1 saturated carbocycles. The van der Waals surface area contributed by atoms with Gasteiger partial charge in [-0.25, -0.2) is 13.8 Å². The Labute approximate surface area is 270 Å². The summed E-state index contributed by atoms with van der Waals surface area (Å²) in [5.41, 5.74) is 2.17. The van der Waals surface area contributed by atoms with Crippen LogP contribution < -0.4 is 20.7 Å². The van der Waals surface area contributed by atoms with E-state index in [0.717, 1.165) is 18.9 Å². The van der Waals surface area contributed by atoms with Gasteiger partial charge in [0.15, 0.2) is 23.0 Å². The summed E-state index contributed by atoms with van der Waals surface area (Å²) in [5, 5.41) is 16.3. The van der Waals surface area contributed by atoms with Crippen LogP contribution in [0.25, 0.3) is 11.1 Å². The number of alkyl halides is 1. The molecular formula is C33H34F2N8O4. The van der Waals surface area contributed by atoms with Gasteiger partial charge in [0.05, 0.1) is 18.5 Å². The van der Waals surface area contributed by atoms with Gasteiger partial charge in [0.1, 0.15) is 12.4 Å². The highest BCUT2D eigenvalue weighted by Gasteiger charge is 2.30. The summed E-state index contributed by atoms with van der Waals surface area (Å²) in [6, 6.07) is 7.67. The first-order valence-electron chi connectivity index (χ1n) is 14.8. The van der Waals surface area contributed by atoms with Crippen LogP contribution in [0.2, 0.25) is 0 Å².